The Balaban J connectivity index is 2.02. The van der Waals surface area contributed by atoms with Gasteiger partial charge in [-0.05, 0) is 38.8 Å². The maximum Gasteiger partial charge on any atom is 0.0346 e. The molecule has 0 fully saturated rings. The summed E-state index contributed by atoms with van der Waals surface area (Å²) in [6, 6.07) is 6.40. The molecule has 0 aliphatic heterocycles. The summed E-state index contributed by atoms with van der Waals surface area (Å²) < 4.78 is 1.21. The van der Waals surface area contributed by atoms with Crippen molar-refractivity contribution < 1.29 is 0 Å². The first-order valence-corrected chi connectivity index (χ1v) is 7.92. The minimum absolute atomic E-state index is 0.919. The van der Waals surface area contributed by atoms with Crippen molar-refractivity contribution in [2.75, 3.05) is 6.54 Å². The fourth-order valence-corrected chi connectivity index (χ4v) is 3.90. The molecule has 17 heavy (non-hydrogen) atoms. The van der Waals surface area contributed by atoms with Gasteiger partial charge >= 0.3 is 0 Å². The van der Waals surface area contributed by atoms with Crippen LogP contribution < -0.4 is 0 Å². The van der Waals surface area contributed by atoms with Crippen molar-refractivity contribution in [2.24, 2.45) is 0 Å². The van der Waals surface area contributed by atoms with Crippen molar-refractivity contribution in [2.45, 2.75) is 13.1 Å². The van der Waals surface area contributed by atoms with Crippen LogP contribution in [0.4, 0.5) is 0 Å². The number of halogens is 1. The van der Waals surface area contributed by atoms with Gasteiger partial charge in [0.1, 0.15) is 0 Å². The fourth-order valence-electron chi connectivity index (χ4n) is 1.63. The molecule has 0 spiro atoms. The lowest BCUT2D eigenvalue weighted by Crippen LogP contribution is -2.21. The van der Waals surface area contributed by atoms with E-state index in [1.54, 1.807) is 11.3 Å². The first kappa shape index (κ1) is 13.0. The number of thiophene rings is 2. The zero-order chi connectivity index (χ0) is 12.1. The molecular weight excluding hydrogens is 314 g/mol. The molecule has 0 aromatic carbocycles. The van der Waals surface area contributed by atoms with E-state index >= 15 is 0 Å². The van der Waals surface area contributed by atoms with Crippen LogP contribution >= 0.6 is 38.6 Å². The quantitative estimate of drug-likeness (QED) is 0.691. The highest BCUT2D eigenvalue weighted by molar-refractivity contribution is 9.10. The molecule has 0 saturated carbocycles. The standard InChI is InChI=1S/C13H14BrNS2/c1-2-6-15(9-11-4-3-7-16-11)10-13-12(14)5-8-17-13/h2-5,7-8H,1,6,9-10H2. The van der Waals surface area contributed by atoms with Gasteiger partial charge in [-0.15, -0.1) is 29.3 Å². The number of hydrogen-bond acceptors (Lipinski definition) is 3. The Labute approximate surface area is 119 Å². The van der Waals surface area contributed by atoms with E-state index in [0.29, 0.717) is 0 Å². The molecule has 0 aliphatic rings. The average molecular weight is 328 g/mol. The molecule has 0 bridgehead atoms. The summed E-state index contributed by atoms with van der Waals surface area (Å²) in [5, 5.41) is 4.25. The lowest BCUT2D eigenvalue weighted by molar-refractivity contribution is 0.291. The Morgan fingerprint density at radius 1 is 1.24 bits per heavy atom. The van der Waals surface area contributed by atoms with Gasteiger partial charge in [0.25, 0.3) is 0 Å². The third kappa shape index (κ3) is 3.78. The van der Waals surface area contributed by atoms with Gasteiger partial charge in [0.15, 0.2) is 0 Å². The second-order valence-electron chi connectivity index (χ2n) is 3.73. The van der Waals surface area contributed by atoms with Gasteiger partial charge in [0.2, 0.25) is 0 Å². The van der Waals surface area contributed by atoms with Gasteiger partial charge in [-0.25, -0.2) is 0 Å². The lowest BCUT2D eigenvalue weighted by atomic mass is 10.3. The zero-order valence-electron chi connectivity index (χ0n) is 9.43. The summed E-state index contributed by atoms with van der Waals surface area (Å²) in [5.74, 6) is 0. The van der Waals surface area contributed by atoms with Crippen LogP contribution in [-0.4, -0.2) is 11.4 Å². The Hall–Kier alpha value is -0.420. The average Bonchev–Trinajstić information content (AvgIpc) is 2.92. The number of nitrogens with zero attached hydrogens (tertiary/aromatic N) is 1. The maximum absolute atomic E-state index is 3.83. The van der Waals surface area contributed by atoms with E-state index in [1.165, 1.54) is 14.2 Å². The van der Waals surface area contributed by atoms with Crippen molar-refractivity contribution in [3.63, 3.8) is 0 Å². The zero-order valence-corrected chi connectivity index (χ0v) is 12.7. The van der Waals surface area contributed by atoms with Crippen LogP contribution in [0.3, 0.4) is 0 Å². The molecule has 0 radical (unpaired) electrons. The van der Waals surface area contributed by atoms with Gasteiger partial charge < -0.3 is 0 Å². The molecule has 0 amide bonds. The molecular formula is C13H14BrNS2. The summed E-state index contributed by atoms with van der Waals surface area (Å²) in [4.78, 5) is 5.18. The summed E-state index contributed by atoms with van der Waals surface area (Å²) in [6.07, 6.45) is 1.97. The molecule has 90 valence electrons. The second-order valence-corrected chi connectivity index (χ2v) is 6.62. The SMILES string of the molecule is C=CCN(Cc1cccs1)Cc1sccc1Br. The molecule has 2 aromatic rings. The van der Waals surface area contributed by atoms with Crippen molar-refractivity contribution >= 4 is 38.6 Å². The lowest BCUT2D eigenvalue weighted by Gasteiger charge is -2.19. The second kappa shape index (κ2) is 6.50. The van der Waals surface area contributed by atoms with Gasteiger partial charge in [-0.3, -0.25) is 4.90 Å². The molecule has 4 heteroatoms. The highest BCUT2D eigenvalue weighted by Crippen LogP contribution is 2.25. The normalized spacial score (nSPS) is 10.9. The van der Waals surface area contributed by atoms with Crippen molar-refractivity contribution in [3.8, 4) is 0 Å². The van der Waals surface area contributed by atoms with Crippen LogP contribution in [0, 0.1) is 0 Å². The first-order valence-electron chi connectivity index (χ1n) is 5.37. The van der Waals surface area contributed by atoms with Gasteiger partial charge in [0, 0.05) is 33.9 Å². The van der Waals surface area contributed by atoms with Crippen molar-refractivity contribution in [3.05, 3.63) is 55.8 Å². The molecule has 0 atom stereocenters. The van der Waals surface area contributed by atoms with Crippen molar-refractivity contribution in [1.82, 2.24) is 4.90 Å². The van der Waals surface area contributed by atoms with E-state index in [9.17, 15) is 0 Å². The summed E-state index contributed by atoms with van der Waals surface area (Å²) >= 11 is 7.19. The molecule has 0 N–H and O–H groups in total. The Kier molecular flexibility index (Phi) is 4.98. The number of hydrogen-bond donors (Lipinski definition) is 0. The molecule has 0 aliphatic carbocycles. The van der Waals surface area contributed by atoms with E-state index in [2.05, 4.69) is 56.4 Å². The van der Waals surface area contributed by atoms with Gasteiger partial charge in [0.05, 0.1) is 0 Å². The Bertz CT molecular complexity index is 461. The molecule has 1 nitrogen and oxygen atoms in total. The predicted octanol–water partition coefficient (Wildman–Crippen LogP) is 4.76. The van der Waals surface area contributed by atoms with E-state index < -0.39 is 0 Å². The van der Waals surface area contributed by atoms with Crippen LogP contribution in [0.25, 0.3) is 0 Å². The van der Waals surface area contributed by atoms with Crippen molar-refractivity contribution in [1.29, 1.82) is 0 Å². The topological polar surface area (TPSA) is 3.24 Å². The van der Waals surface area contributed by atoms with Crippen LogP contribution in [0.15, 0.2) is 46.1 Å². The molecule has 0 saturated heterocycles. The highest BCUT2D eigenvalue weighted by atomic mass is 79.9. The first-order chi connectivity index (χ1) is 8.29. The van der Waals surface area contributed by atoms with E-state index in [-0.39, 0.29) is 0 Å². The monoisotopic (exact) mass is 327 g/mol. The number of rotatable bonds is 6. The van der Waals surface area contributed by atoms with Crippen LogP contribution in [0.5, 0.6) is 0 Å². The third-order valence-electron chi connectivity index (χ3n) is 2.41. The summed E-state index contributed by atoms with van der Waals surface area (Å²) in [6.45, 7) is 6.72. The Morgan fingerprint density at radius 2 is 2.12 bits per heavy atom. The van der Waals surface area contributed by atoms with Crippen LogP contribution in [0.2, 0.25) is 0 Å². The molecule has 0 unspecified atom stereocenters. The fraction of sp³-hybridized carbons (Fsp3) is 0.231. The smallest absolute Gasteiger partial charge is 0.0346 e. The van der Waals surface area contributed by atoms with E-state index in [4.69, 9.17) is 0 Å². The summed E-state index contributed by atoms with van der Waals surface area (Å²) in [7, 11) is 0. The third-order valence-corrected chi connectivity index (χ3v) is 5.18. The van der Waals surface area contributed by atoms with Crippen LogP contribution in [-0.2, 0) is 13.1 Å². The van der Waals surface area contributed by atoms with Gasteiger partial charge in [-0.2, -0.15) is 0 Å². The van der Waals surface area contributed by atoms with Gasteiger partial charge in [-0.1, -0.05) is 12.1 Å². The summed E-state index contributed by atoms with van der Waals surface area (Å²) in [5.41, 5.74) is 0. The Morgan fingerprint density at radius 3 is 2.71 bits per heavy atom. The van der Waals surface area contributed by atoms with E-state index in [0.717, 1.165) is 19.6 Å². The molecule has 2 heterocycles. The predicted molar refractivity (Wildman–Crippen MR) is 80.6 cm³/mol. The van der Waals surface area contributed by atoms with E-state index in [1.807, 2.05) is 17.4 Å². The minimum Gasteiger partial charge on any atom is -0.290 e. The van der Waals surface area contributed by atoms with Crippen LogP contribution in [0.1, 0.15) is 9.75 Å². The largest absolute Gasteiger partial charge is 0.290 e. The minimum atomic E-state index is 0.919. The maximum atomic E-state index is 3.83. The molecule has 2 aromatic heterocycles. The molecule has 2 rings (SSSR count). The highest BCUT2D eigenvalue weighted by Gasteiger charge is 2.09.